The predicted octanol–water partition coefficient (Wildman–Crippen LogP) is 3.65. The Labute approximate surface area is 112 Å². The van der Waals surface area contributed by atoms with Gasteiger partial charge in [0.15, 0.2) is 0 Å². The van der Waals surface area contributed by atoms with Crippen LogP contribution in [0.15, 0.2) is 18.2 Å². The fourth-order valence-electron chi connectivity index (χ4n) is 2.02. The number of hydrogen-bond donors (Lipinski definition) is 1. The standard InChI is InChI=1S/C13H17Cl2NO/c14-11-5-4-10(13(15)7-11)8-17-9-12-3-1-2-6-16-12/h4-5,7,12,16H,1-3,6,8-9H2. The number of rotatable bonds is 4. The van der Waals surface area contributed by atoms with Crippen molar-refractivity contribution in [3.05, 3.63) is 33.8 Å². The van der Waals surface area contributed by atoms with Gasteiger partial charge in [-0.3, -0.25) is 0 Å². The Bertz CT molecular complexity index is 364. The van der Waals surface area contributed by atoms with Gasteiger partial charge in [-0.05, 0) is 37.1 Å². The van der Waals surface area contributed by atoms with Crippen LogP contribution in [-0.2, 0) is 11.3 Å². The van der Waals surface area contributed by atoms with Crippen molar-refractivity contribution in [3.8, 4) is 0 Å². The number of ether oxygens (including phenoxy) is 1. The Hall–Kier alpha value is -0.280. The van der Waals surface area contributed by atoms with Crippen LogP contribution in [0.3, 0.4) is 0 Å². The van der Waals surface area contributed by atoms with Crippen molar-refractivity contribution in [1.82, 2.24) is 5.32 Å². The van der Waals surface area contributed by atoms with Crippen molar-refractivity contribution in [2.45, 2.75) is 31.9 Å². The third-order valence-electron chi connectivity index (χ3n) is 3.00. The Morgan fingerprint density at radius 3 is 2.88 bits per heavy atom. The second-order valence-corrected chi connectivity index (χ2v) is 5.24. The highest BCUT2D eigenvalue weighted by Crippen LogP contribution is 2.21. The van der Waals surface area contributed by atoms with Gasteiger partial charge in [0.2, 0.25) is 0 Å². The molecule has 0 bridgehead atoms. The van der Waals surface area contributed by atoms with Crippen LogP contribution in [0.2, 0.25) is 10.0 Å². The van der Waals surface area contributed by atoms with E-state index in [1.165, 1.54) is 19.3 Å². The van der Waals surface area contributed by atoms with E-state index in [1.54, 1.807) is 6.07 Å². The molecule has 94 valence electrons. The first-order valence-electron chi connectivity index (χ1n) is 6.01. The van der Waals surface area contributed by atoms with Crippen molar-refractivity contribution in [2.75, 3.05) is 13.2 Å². The highest BCUT2D eigenvalue weighted by atomic mass is 35.5. The third kappa shape index (κ3) is 4.14. The molecule has 2 rings (SSSR count). The summed E-state index contributed by atoms with van der Waals surface area (Å²) in [5.74, 6) is 0. The number of benzene rings is 1. The molecule has 0 spiro atoms. The van der Waals surface area contributed by atoms with Crippen LogP contribution >= 0.6 is 23.2 Å². The lowest BCUT2D eigenvalue weighted by Gasteiger charge is -2.23. The summed E-state index contributed by atoms with van der Waals surface area (Å²) in [5, 5.41) is 4.78. The zero-order chi connectivity index (χ0) is 12.1. The van der Waals surface area contributed by atoms with Crippen molar-refractivity contribution in [2.24, 2.45) is 0 Å². The molecular formula is C13H17Cl2NO. The minimum absolute atomic E-state index is 0.495. The van der Waals surface area contributed by atoms with Crippen molar-refractivity contribution < 1.29 is 4.74 Å². The van der Waals surface area contributed by atoms with Crippen molar-refractivity contribution in [3.63, 3.8) is 0 Å². The van der Waals surface area contributed by atoms with Gasteiger partial charge in [-0.25, -0.2) is 0 Å². The summed E-state index contributed by atoms with van der Waals surface area (Å²) in [5.41, 5.74) is 0.992. The molecule has 2 nitrogen and oxygen atoms in total. The second kappa shape index (κ2) is 6.60. The molecule has 0 aromatic heterocycles. The van der Waals surface area contributed by atoms with Crippen LogP contribution in [0.1, 0.15) is 24.8 Å². The Kier molecular flexibility index (Phi) is 5.11. The van der Waals surface area contributed by atoms with Gasteiger partial charge in [0.25, 0.3) is 0 Å². The van der Waals surface area contributed by atoms with Gasteiger partial charge in [0.1, 0.15) is 0 Å². The average Bonchev–Trinajstić information content (AvgIpc) is 2.33. The summed E-state index contributed by atoms with van der Waals surface area (Å²) in [6.07, 6.45) is 3.77. The fraction of sp³-hybridized carbons (Fsp3) is 0.538. The number of halogens is 2. The monoisotopic (exact) mass is 273 g/mol. The summed E-state index contributed by atoms with van der Waals surface area (Å²) in [4.78, 5) is 0. The number of hydrogen-bond acceptors (Lipinski definition) is 2. The highest BCUT2D eigenvalue weighted by Gasteiger charge is 2.12. The van der Waals surface area contributed by atoms with Crippen LogP contribution in [0.4, 0.5) is 0 Å². The van der Waals surface area contributed by atoms with Crippen molar-refractivity contribution >= 4 is 23.2 Å². The Balaban J connectivity index is 1.77. The van der Waals surface area contributed by atoms with Gasteiger partial charge in [0, 0.05) is 16.1 Å². The molecule has 0 amide bonds. The number of piperidine rings is 1. The van der Waals surface area contributed by atoms with E-state index >= 15 is 0 Å². The molecule has 1 aromatic carbocycles. The molecule has 0 radical (unpaired) electrons. The summed E-state index contributed by atoms with van der Waals surface area (Å²) in [6, 6.07) is 6.00. The minimum atomic E-state index is 0.495. The summed E-state index contributed by atoms with van der Waals surface area (Å²) >= 11 is 11.9. The fourth-order valence-corrected chi connectivity index (χ4v) is 2.48. The maximum absolute atomic E-state index is 6.07. The molecule has 1 aliphatic rings. The van der Waals surface area contributed by atoms with Crippen molar-refractivity contribution in [1.29, 1.82) is 0 Å². The Morgan fingerprint density at radius 1 is 1.29 bits per heavy atom. The van der Waals surface area contributed by atoms with Crippen LogP contribution < -0.4 is 5.32 Å². The van der Waals surface area contributed by atoms with Gasteiger partial charge >= 0.3 is 0 Å². The zero-order valence-corrected chi connectivity index (χ0v) is 11.2. The maximum Gasteiger partial charge on any atom is 0.0732 e. The highest BCUT2D eigenvalue weighted by molar-refractivity contribution is 6.35. The molecule has 0 aliphatic carbocycles. The molecule has 1 unspecified atom stereocenters. The third-order valence-corrected chi connectivity index (χ3v) is 3.59. The Morgan fingerprint density at radius 2 is 2.18 bits per heavy atom. The van der Waals surface area contributed by atoms with E-state index in [9.17, 15) is 0 Å². The minimum Gasteiger partial charge on any atom is -0.375 e. The molecule has 1 aliphatic heterocycles. The average molecular weight is 274 g/mol. The van der Waals surface area contributed by atoms with Crippen LogP contribution in [0, 0.1) is 0 Å². The molecule has 0 saturated carbocycles. The van der Waals surface area contributed by atoms with Gasteiger partial charge in [-0.15, -0.1) is 0 Å². The lowest BCUT2D eigenvalue weighted by atomic mass is 10.1. The molecule has 1 fully saturated rings. The van der Waals surface area contributed by atoms with Gasteiger partial charge in [-0.1, -0.05) is 35.7 Å². The molecule has 1 heterocycles. The van der Waals surface area contributed by atoms with E-state index in [4.69, 9.17) is 27.9 Å². The summed E-state index contributed by atoms with van der Waals surface area (Å²) in [7, 11) is 0. The smallest absolute Gasteiger partial charge is 0.0732 e. The predicted molar refractivity (Wildman–Crippen MR) is 71.8 cm³/mol. The quantitative estimate of drug-likeness (QED) is 0.904. The molecule has 1 aromatic rings. The molecule has 1 N–H and O–H groups in total. The SMILES string of the molecule is Clc1ccc(COCC2CCCCN2)c(Cl)c1. The number of nitrogens with one attached hydrogen (secondary N) is 1. The summed E-state index contributed by atoms with van der Waals surface area (Å²) < 4.78 is 5.69. The topological polar surface area (TPSA) is 21.3 Å². The lowest BCUT2D eigenvalue weighted by Crippen LogP contribution is -2.37. The van der Waals surface area contributed by atoms with Crippen LogP contribution in [0.5, 0.6) is 0 Å². The van der Waals surface area contributed by atoms with E-state index < -0.39 is 0 Å². The van der Waals surface area contributed by atoms with E-state index in [-0.39, 0.29) is 0 Å². The lowest BCUT2D eigenvalue weighted by molar-refractivity contribution is 0.0912. The second-order valence-electron chi connectivity index (χ2n) is 4.40. The van der Waals surface area contributed by atoms with E-state index in [1.807, 2.05) is 12.1 Å². The molecular weight excluding hydrogens is 257 g/mol. The van der Waals surface area contributed by atoms with Crippen LogP contribution in [0.25, 0.3) is 0 Å². The first-order valence-corrected chi connectivity index (χ1v) is 6.76. The largest absolute Gasteiger partial charge is 0.375 e. The first kappa shape index (κ1) is 13.2. The zero-order valence-electron chi connectivity index (χ0n) is 9.72. The molecule has 17 heavy (non-hydrogen) atoms. The maximum atomic E-state index is 6.07. The molecule has 4 heteroatoms. The van der Waals surface area contributed by atoms with E-state index in [0.717, 1.165) is 18.7 Å². The molecule has 1 saturated heterocycles. The summed E-state index contributed by atoms with van der Waals surface area (Å²) in [6.45, 7) is 2.41. The van der Waals surface area contributed by atoms with Gasteiger partial charge in [-0.2, -0.15) is 0 Å². The molecule has 1 atom stereocenters. The van der Waals surface area contributed by atoms with E-state index in [2.05, 4.69) is 5.32 Å². The van der Waals surface area contributed by atoms with E-state index in [0.29, 0.717) is 22.7 Å². The first-order chi connectivity index (χ1) is 8.25. The van der Waals surface area contributed by atoms with Gasteiger partial charge in [0.05, 0.1) is 13.2 Å². The van der Waals surface area contributed by atoms with Crippen LogP contribution in [-0.4, -0.2) is 19.2 Å². The van der Waals surface area contributed by atoms with Gasteiger partial charge < -0.3 is 10.1 Å². The normalized spacial score (nSPS) is 20.5.